The number of carbonyl (C=O) groups excluding carboxylic acids is 1. The highest BCUT2D eigenvalue weighted by Gasteiger charge is 2.26. The molecule has 0 saturated heterocycles. The Labute approximate surface area is 159 Å². The number of hydrogen-bond acceptors (Lipinski definition) is 3. The smallest absolute Gasteiger partial charge is 0.267 e. The van der Waals surface area contributed by atoms with Gasteiger partial charge in [0, 0.05) is 17.0 Å². The summed E-state index contributed by atoms with van der Waals surface area (Å²) in [5.41, 5.74) is 8.31. The highest BCUT2D eigenvalue weighted by atomic mass is 16.2. The van der Waals surface area contributed by atoms with Crippen molar-refractivity contribution < 1.29 is 4.79 Å². The molecule has 4 rings (SSSR count). The lowest BCUT2D eigenvalue weighted by molar-refractivity contribution is 0.0956. The molecule has 0 unspecified atom stereocenters. The van der Waals surface area contributed by atoms with Crippen LogP contribution in [-0.4, -0.2) is 16.6 Å². The van der Waals surface area contributed by atoms with E-state index < -0.39 is 0 Å². The zero-order chi connectivity index (χ0) is 18.8. The Kier molecular flexibility index (Phi) is 4.71. The van der Waals surface area contributed by atoms with Crippen LogP contribution in [0.5, 0.6) is 0 Å². The van der Waals surface area contributed by atoms with Crippen molar-refractivity contribution in [2.75, 3.05) is 0 Å². The van der Waals surface area contributed by atoms with Crippen LogP contribution in [0, 0.1) is 0 Å². The first-order chi connectivity index (χ1) is 13.2. The lowest BCUT2D eigenvalue weighted by Crippen LogP contribution is -2.20. The van der Waals surface area contributed by atoms with Crippen LogP contribution in [0.3, 0.4) is 0 Å². The molecule has 0 atom stereocenters. The molecule has 1 saturated carbocycles. The van der Waals surface area contributed by atoms with Crippen LogP contribution >= 0.6 is 0 Å². The van der Waals surface area contributed by atoms with E-state index in [-0.39, 0.29) is 5.91 Å². The number of benzene rings is 2. The van der Waals surface area contributed by atoms with Gasteiger partial charge >= 0.3 is 0 Å². The predicted molar refractivity (Wildman–Crippen MR) is 109 cm³/mol. The summed E-state index contributed by atoms with van der Waals surface area (Å²) in [4.78, 5) is 17.6. The van der Waals surface area contributed by atoms with Gasteiger partial charge < -0.3 is 0 Å². The van der Waals surface area contributed by atoms with Gasteiger partial charge in [-0.2, -0.15) is 5.10 Å². The van der Waals surface area contributed by atoms with Gasteiger partial charge in [-0.05, 0) is 49.4 Å². The lowest BCUT2D eigenvalue weighted by atomic mass is 10.1. The molecule has 0 aliphatic heterocycles. The second-order valence-corrected chi connectivity index (χ2v) is 7.07. The molecule has 2 aromatic carbocycles. The van der Waals surface area contributed by atoms with E-state index in [9.17, 15) is 4.79 Å². The number of nitrogens with zero attached hydrogens (tertiary/aromatic N) is 2. The van der Waals surface area contributed by atoms with Crippen LogP contribution in [0.15, 0.2) is 59.7 Å². The summed E-state index contributed by atoms with van der Waals surface area (Å²) in [5, 5.41) is 5.18. The standard InChI is InChI=1S/C23H23N3O/c1-3-16-8-10-17(11-9-16)15(2)25-26-23(27)20-14-22(18-12-13-18)24-21-7-5-4-6-19(20)21/h4-11,14,18H,3,12-13H2,1-2H3,(H,26,27). The maximum Gasteiger partial charge on any atom is 0.272 e. The molecule has 1 aliphatic carbocycles. The molecule has 0 spiro atoms. The zero-order valence-corrected chi connectivity index (χ0v) is 15.7. The molecule has 0 radical (unpaired) electrons. The highest BCUT2D eigenvalue weighted by Crippen LogP contribution is 2.40. The average molecular weight is 357 g/mol. The molecule has 1 heterocycles. The van der Waals surface area contributed by atoms with Crippen molar-refractivity contribution in [2.24, 2.45) is 5.10 Å². The third-order valence-electron chi connectivity index (χ3n) is 5.08. The normalized spacial score (nSPS) is 14.4. The van der Waals surface area contributed by atoms with Crippen LogP contribution in [0.4, 0.5) is 0 Å². The average Bonchev–Trinajstić information content (AvgIpc) is 3.56. The first-order valence-electron chi connectivity index (χ1n) is 9.49. The summed E-state index contributed by atoms with van der Waals surface area (Å²) in [6, 6.07) is 18.0. The molecular formula is C23H23N3O. The van der Waals surface area contributed by atoms with Gasteiger partial charge in [-0.1, -0.05) is 49.4 Å². The summed E-state index contributed by atoms with van der Waals surface area (Å²) in [6.07, 6.45) is 3.31. The molecule has 1 aromatic heterocycles. The first-order valence-corrected chi connectivity index (χ1v) is 9.49. The molecule has 4 heteroatoms. The Balaban J connectivity index is 1.60. The number of hydrogen-bond donors (Lipinski definition) is 1. The van der Waals surface area contributed by atoms with E-state index in [0.717, 1.165) is 47.1 Å². The van der Waals surface area contributed by atoms with Gasteiger partial charge in [0.2, 0.25) is 0 Å². The second kappa shape index (κ2) is 7.31. The van der Waals surface area contributed by atoms with E-state index in [1.807, 2.05) is 49.4 Å². The van der Waals surface area contributed by atoms with Gasteiger partial charge in [-0.3, -0.25) is 9.78 Å². The van der Waals surface area contributed by atoms with Gasteiger partial charge in [0.05, 0.1) is 16.8 Å². The Bertz CT molecular complexity index is 1020. The quantitative estimate of drug-likeness (QED) is 0.525. The van der Waals surface area contributed by atoms with Crippen LogP contribution in [-0.2, 0) is 6.42 Å². The van der Waals surface area contributed by atoms with E-state index in [0.29, 0.717) is 11.5 Å². The van der Waals surface area contributed by atoms with Crippen molar-refractivity contribution in [3.63, 3.8) is 0 Å². The molecule has 4 nitrogen and oxygen atoms in total. The summed E-state index contributed by atoms with van der Waals surface area (Å²) in [7, 11) is 0. The van der Waals surface area contributed by atoms with Crippen molar-refractivity contribution >= 4 is 22.5 Å². The summed E-state index contributed by atoms with van der Waals surface area (Å²) < 4.78 is 0. The van der Waals surface area contributed by atoms with Crippen molar-refractivity contribution in [1.82, 2.24) is 10.4 Å². The molecular weight excluding hydrogens is 334 g/mol. The number of para-hydroxylation sites is 1. The third kappa shape index (κ3) is 3.75. The topological polar surface area (TPSA) is 54.4 Å². The number of rotatable bonds is 5. The Morgan fingerprint density at radius 1 is 1.15 bits per heavy atom. The first kappa shape index (κ1) is 17.4. The van der Waals surface area contributed by atoms with E-state index in [1.165, 1.54) is 5.56 Å². The van der Waals surface area contributed by atoms with Gasteiger partial charge in [-0.25, -0.2) is 5.43 Å². The van der Waals surface area contributed by atoms with Gasteiger partial charge in [0.1, 0.15) is 0 Å². The van der Waals surface area contributed by atoms with Crippen LogP contribution in [0.1, 0.15) is 59.8 Å². The SMILES string of the molecule is CCc1ccc(C(C)=NNC(=O)c2cc(C3CC3)nc3ccccc23)cc1. The maximum atomic E-state index is 12.8. The highest BCUT2D eigenvalue weighted by molar-refractivity contribution is 6.07. The van der Waals surface area contributed by atoms with Crippen molar-refractivity contribution in [3.8, 4) is 0 Å². The fraction of sp³-hybridized carbons (Fsp3) is 0.261. The molecule has 0 bridgehead atoms. The Hall–Kier alpha value is -3.01. The monoisotopic (exact) mass is 357 g/mol. The minimum absolute atomic E-state index is 0.194. The molecule has 27 heavy (non-hydrogen) atoms. The number of nitrogens with one attached hydrogen (secondary N) is 1. The number of aryl methyl sites for hydroxylation is 1. The lowest BCUT2D eigenvalue weighted by Gasteiger charge is -2.09. The summed E-state index contributed by atoms with van der Waals surface area (Å²) in [6.45, 7) is 4.03. The van der Waals surface area contributed by atoms with E-state index in [4.69, 9.17) is 4.98 Å². The van der Waals surface area contributed by atoms with E-state index in [2.05, 4.69) is 29.6 Å². The van der Waals surface area contributed by atoms with Gasteiger partial charge in [-0.15, -0.1) is 0 Å². The molecule has 3 aromatic rings. The van der Waals surface area contributed by atoms with Crippen LogP contribution < -0.4 is 5.43 Å². The zero-order valence-electron chi connectivity index (χ0n) is 15.7. The van der Waals surface area contributed by atoms with Gasteiger partial charge in [0.25, 0.3) is 5.91 Å². The number of hydrazone groups is 1. The van der Waals surface area contributed by atoms with E-state index in [1.54, 1.807) is 0 Å². The van der Waals surface area contributed by atoms with Crippen LogP contribution in [0.25, 0.3) is 10.9 Å². The maximum absolute atomic E-state index is 12.8. The minimum atomic E-state index is -0.194. The number of carbonyl (C=O) groups is 1. The summed E-state index contributed by atoms with van der Waals surface area (Å²) in [5.74, 6) is 0.295. The van der Waals surface area contributed by atoms with Crippen LogP contribution in [0.2, 0.25) is 0 Å². The molecule has 1 N–H and O–H groups in total. The summed E-state index contributed by atoms with van der Waals surface area (Å²) >= 11 is 0. The second-order valence-electron chi connectivity index (χ2n) is 7.07. The fourth-order valence-corrected chi connectivity index (χ4v) is 3.21. The van der Waals surface area contributed by atoms with E-state index >= 15 is 0 Å². The number of pyridine rings is 1. The fourth-order valence-electron chi connectivity index (χ4n) is 3.21. The number of amides is 1. The van der Waals surface area contributed by atoms with Crippen molar-refractivity contribution in [1.29, 1.82) is 0 Å². The number of fused-ring (bicyclic) bond motifs is 1. The minimum Gasteiger partial charge on any atom is -0.267 e. The molecule has 1 aliphatic rings. The van der Waals surface area contributed by atoms with Gasteiger partial charge in [0.15, 0.2) is 0 Å². The molecule has 136 valence electrons. The third-order valence-corrected chi connectivity index (χ3v) is 5.08. The molecule has 1 fully saturated rings. The van der Waals surface area contributed by atoms with Crippen molar-refractivity contribution in [2.45, 2.75) is 39.0 Å². The largest absolute Gasteiger partial charge is 0.272 e. The Morgan fingerprint density at radius 2 is 1.89 bits per heavy atom. The molecule has 1 amide bonds. The predicted octanol–water partition coefficient (Wildman–Crippen LogP) is 4.83. The Morgan fingerprint density at radius 3 is 2.59 bits per heavy atom. The van der Waals surface area contributed by atoms with Crippen molar-refractivity contribution in [3.05, 3.63) is 77.0 Å². The number of aromatic nitrogens is 1.